The average Bonchev–Trinajstić information content (AvgIpc) is 3.26. The van der Waals surface area contributed by atoms with Gasteiger partial charge in [0, 0.05) is 51.4 Å². The summed E-state index contributed by atoms with van der Waals surface area (Å²) in [6.07, 6.45) is 0.199. The first kappa shape index (κ1) is 23.3. The molecule has 2 atom stereocenters. The number of likely N-dealkylation sites (tertiary alicyclic amines) is 1. The van der Waals surface area contributed by atoms with Crippen LogP contribution < -0.4 is 10.6 Å². The number of hydrogen-bond donors (Lipinski definition) is 2. The number of rotatable bonds is 6. The topological polar surface area (TPSA) is 69.2 Å². The Kier molecular flexibility index (Phi) is 7.62. The minimum Gasteiger partial charge on any atom is -0.373 e. The Morgan fingerprint density at radius 1 is 1.09 bits per heavy atom. The van der Waals surface area contributed by atoms with E-state index in [1.54, 1.807) is 0 Å². The first-order valence-electron chi connectivity index (χ1n) is 11.8. The van der Waals surface area contributed by atoms with Crippen molar-refractivity contribution in [2.45, 2.75) is 39.1 Å². The summed E-state index contributed by atoms with van der Waals surface area (Å²) in [4.78, 5) is 21.2. The molecule has 2 N–H and O–H groups in total. The van der Waals surface area contributed by atoms with Crippen molar-refractivity contribution < 1.29 is 9.53 Å². The lowest BCUT2D eigenvalue weighted by Crippen LogP contribution is -2.50. The van der Waals surface area contributed by atoms with Crippen molar-refractivity contribution in [3.63, 3.8) is 0 Å². The molecule has 4 rings (SSSR count). The summed E-state index contributed by atoms with van der Waals surface area (Å²) in [5, 5.41) is 6.42. The lowest BCUT2D eigenvalue weighted by Gasteiger charge is -2.36. The van der Waals surface area contributed by atoms with E-state index in [4.69, 9.17) is 4.74 Å². The molecule has 33 heavy (non-hydrogen) atoms. The summed E-state index contributed by atoms with van der Waals surface area (Å²) in [5.41, 5.74) is 3.30. The molecule has 0 aromatic heterocycles. The van der Waals surface area contributed by atoms with Crippen LogP contribution in [0.5, 0.6) is 0 Å². The Hall–Kier alpha value is -2.90. The minimum absolute atomic E-state index is 0.0281. The highest BCUT2D eigenvalue weighted by molar-refractivity contribution is 5.92. The Morgan fingerprint density at radius 3 is 2.55 bits per heavy atom. The van der Waals surface area contributed by atoms with Crippen molar-refractivity contribution in [1.29, 1.82) is 0 Å². The summed E-state index contributed by atoms with van der Waals surface area (Å²) in [7, 11) is 1.83. The largest absolute Gasteiger partial charge is 0.373 e. The van der Waals surface area contributed by atoms with E-state index >= 15 is 0 Å². The number of benzene rings is 2. The van der Waals surface area contributed by atoms with E-state index < -0.39 is 0 Å². The number of ether oxygens (including phenoxy) is 1. The number of anilines is 1. The van der Waals surface area contributed by atoms with Gasteiger partial charge in [-0.15, -0.1) is 0 Å². The van der Waals surface area contributed by atoms with E-state index in [9.17, 15) is 4.79 Å². The zero-order chi connectivity index (χ0) is 23.2. The lowest BCUT2D eigenvalue weighted by atomic mass is 10.1. The maximum Gasteiger partial charge on any atom is 0.226 e. The van der Waals surface area contributed by atoms with Crippen LogP contribution in [0.4, 0.5) is 5.69 Å². The summed E-state index contributed by atoms with van der Waals surface area (Å²) in [6.45, 7) is 8.87. The van der Waals surface area contributed by atoms with Crippen molar-refractivity contribution in [2.75, 3.05) is 38.6 Å². The highest BCUT2D eigenvalue weighted by Gasteiger charge is 2.41. The summed E-state index contributed by atoms with van der Waals surface area (Å²) in [5.74, 6) is 0.886. The van der Waals surface area contributed by atoms with Crippen LogP contribution in [0.15, 0.2) is 59.6 Å². The van der Waals surface area contributed by atoms with Gasteiger partial charge in [0.2, 0.25) is 5.91 Å². The van der Waals surface area contributed by atoms with Crippen LogP contribution in [0.2, 0.25) is 0 Å². The smallest absolute Gasteiger partial charge is 0.226 e. The molecule has 7 nitrogen and oxygen atoms in total. The van der Waals surface area contributed by atoms with E-state index in [1.165, 1.54) is 5.56 Å². The lowest BCUT2D eigenvalue weighted by molar-refractivity contribution is -0.118. The number of aliphatic imine (C=N–C) groups is 1. The molecule has 2 aromatic carbocycles. The molecule has 2 unspecified atom stereocenters. The number of nitrogens with zero attached hydrogens (tertiary/aromatic N) is 3. The summed E-state index contributed by atoms with van der Waals surface area (Å²) in [6, 6.07) is 19.0. The van der Waals surface area contributed by atoms with E-state index in [-0.39, 0.29) is 17.9 Å². The zero-order valence-electron chi connectivity index (χ0n) is 19.8. The Balaban J connectivity index is 1.32. The van der Waals surface area contributed by atoms with Gasteiger partial charge in [0.1, 0.15) is 0 Å². The fraction of sp³-hybridized carbons (Fsp3) is 0.462. The van der Waals surface area contributed by atoms with Crippen LogP contribution in [0.1, 0.15) is 25.0 Å². The number of nitrogens with one attached hydrogen (secondary N) is 2. The first-order chi connectivity index (χ1) is 16.0. The number of guanidine groups is 1. The molecule has 0 aliphatic carbocycles. The third-order valence-corrected chi connectivity index (χ3v) is 6.35. The number of morpholine rings is 1. The maximum absolute atomic E-state index is 11.9. The van der Waals surface area contributed by atoms with Gasteiger partial charge in [0.25, 0.3) is 0 Å². The van der Waals surface area contributed by atoms with Crippen LogP contribution in [-0.4, -0.2) is 67.1 Å². The van der Waals surface area contributed by atoms with Crippen LogP contribution >= 0.6 is 0 Å². The molecular formula is C26H35N5O2. The van der Waals surface area contributed by atoms with Gasteiger partial charge in [-0.2, -0.15) is 0 Å². The molecule has 7 heteroatoms. The fourth-order valence-corrected chi connectivity index (χ4v) is 4.45. The number of carbonyl (C=O) groups is 1. The summed E-state index contributed by atoms with van der Waals surface area (Å²) < 4.78 is 6.12. The fourth-order valence-electron chi connectivity index (χ4n) is 4.45. The number of carbonyl (C=O) groups excluding carboxylic acids is 1. The molecule has 2 aliphatic rings. The second kappa shape index (κ2) is 10.8. The maximum atomic E-state index is 11.9. The SMILES string of the molecule is CN=C(NCc1ccc(NC(=O)C(C)C)cc1)N1CC2OCCN(Cc3ccccc3)C2C1. The Bertz CT molecular complexity index is 945. The third kappa shape index (κ3) is 5.92. The van der Waals surface area contributed by atoms with Crippen molar-refractivity contribution in [3.05, 3.63) is 65.7 Å². The van der Waals surface area contributed by atoms with E-state index in [2.05, 4.69) is 55.8 Å². The van der Waals surface area contributed by atoms with Gasteiger partial charge in [-0.1, -0.05) is 56.3 Å². The van der Waals surface area contributed by atoms with Gasteiger partial charge >= 0.3 is 0 Å². The summed E-state index contributed by atoms with van der Waals surface area (Å²) >= 11 is 0. The van der Waals surface area contributed by atoms with E-state index in [0.717, 1.165) is 50.0 Å². The minimum atomic E-state index is -0.0357. The highest BCUT2D eigenvalue weighted by atomic mass is 16.5. The molecule has 0 radical (unpaired) electrons. The highest BCUT2D eigenvalue weighted by Crippen LogP contribution is 2.24. The third-order valence-electron chi connectivity index (χ3n) is 6.35. The van der Waals surface area contributed by atoms with Crippen LogP contribution in [0.3, 0.4) is 0 Å². The zero-order valence-corrected chi connectivity index (χ0v) is 19.8. The molecule has 1 amide bonds. The van der Waals surface area contributed by atoms with Crippen LogP contribution in [0.25, 0.3) is 0 Å². The van der Waals surface area contributed by atoms with Crippen LogP contribution in [0, 0.1) is 5.92 Å². The molecule has 2 saturated heterocycles. The molecule has 0 saturated carbocycles. The molecule has 0 bridgehead atoms. The number of hydrogen-bond acceptors (Lipinski definition) is 4. The van der Waals surface area contributed by atoms with E-state index in [0.29, 0.717) is 12.6 Å². The Labute approximate surface area is 196 Å². The molecule has 2 aromatic rings. The Morgan fingerprint density at radius 2 is 1.85 bits per heavy atom. The molecule has 0 spiro atoms. The predicted octanol–water partition coefficient (Wildman–Crippen LogP) is 2.94. The monoisotopic (exact) mass is 449 g/mol. The molecule has 2 fully saturated rings. The molecule has 2 aliphatic heterocycles. The van der Waals surface area contributed by atoms with Gasteiger partial charge in [-0.05, 0) is 23.3 Å². The second-order valence-corrected chi connectivity index (χ2v) is 9.08. The average molecular weight is 450 g/mol. The van der Waals surface area contributed by atoms with Crippen molar-refractivity contribution >= 4 is 17.6 Å². The molecule has 176 valence electrons. The van der Waals surface area contributed by atoms with Crippen LogP contribution in [-0.2, 0) is 22.6 Å². The predicted molar refractivity (Wildman–Crippen MR) is 132 cm³/mol. The molecular weight excluding hydrogens is 414 g/mol. The van der Waals surface area contributed by atoms with Crippen molar-refractivity contribution in [2.24, 2.45) is 10.9 Å². The van der Waals surface area contributed by atoms with Gasteiger partial charge in [0.15, 0.2) is 5.96 Å². The number of fused-ring (bicyclic) bond motifs is 1. The van der Waals surface area contributed by atoms with Gasteiger partial charge in [-0.3, -0.25) is 14.7 Å². The second-order valence-electron chi connectivity index (χ2n) is 9.08. The van der Waals surface area contributed by atoms with Crippen molar-refractivity contribution in [3.8, 4) is 0 Å². The van der Waals surface area contributed by atoms with Gasteiger partial charge in [0.05, 0.1) is 18.8 Å². The molecule has 2 heterocycles. The van der Waals surface area contributed by atoms with Gasteiger partial charge in [-0.25, -0.2) is 0 Å². The van der Waals surface area contributed by atoms with Crippen molar-refractivity contribution in [1.82, 2.24) is 15.1 Å². The quantitative estimate of drug-likeness (QED) is 0.524. The first-order valence-corrected chi connectivity index (χ1v) is 11.8. The van der Waals surface area contributed by atoms with E-state index in [1.807, 2.05) is 45.2 Å². The normalized spacial score (nSPS) is 21.2. The van der Waals surface area contributed by atoms with Gasteiger partial charge < -0.3 is 20.3 Å². The standard InChI is InChI=1S/C26H35N5O2/c1-19(2)25(32)29-22-11-9-20(10-12-22)15-28-26(27-3)31-17-23-24(18-31)33-14-13-30(23)16-21-7-5-4-6-8-21/h4-12,19,23-24H,13-18H2,1-3H3,(H,27,28)(H,29,32). The number of amides is 1.